The molecule has 2 aliphatic rings. The number of hydrazine groups is 1. The average Bonchev–Trinajstić information content (AvgIpc) is 3.32. The van der Waals surface area contributed by atoms with Crippen molar-refractivity contribution in [3.63, 3.8) is 0 Å². The summed E-state index contributed by atoms with van der Waals surface area (Å²) in [5.41, 5.74) is 0.947. The summed E-state index contributed by atoms with van der Waals surface area (Å²) < 4.78 is 5.45. The van der Waals surface area contributed by atoms with E-state index in [9.17, 15) is 14.4 Å². The Hall–Kier alpha value is -3.77. The van der Waals surface area contributed by atoms with Gasteiger partial charge in [0.1, 0.15) is 18.0 Å². The molecule has 1 N–H and O–H groups in total. The van der Waals surface area contributed by atoms with Crippen LogP contribution in [-0.4, -0.2) is 69.5 Å². The molecule has 1 aromatic heterocycles. The van der Waals surface area contributed by atoms with Gasteiger partial charge in [-0.2, -0.15) is 5.01 Å². The summed E-state index contributed by atoms with van der Waals surface area (Å²) in [4.78, 5) is 43.3. The van der Waals surface area contributed by atoms with Crippen molar-refractivity contribution < 1.29 is 18.8 Å². The lowest BCUT2D eigenvalue weighted by Gasteiger charge is -2.55. The maximum atomic E-state index is 13.4. The normalized spacial score (nSPS) is 20.9. The van der Waals surface area contributed by atoms with E-state index in [0.29, 0.717) is 12.3 Å². The number of fused-ring (bicyclic) bond motifs is 1. The summed E-state index contributed by atoms with van der Waals surface area (Å²) in [7, 11) is 0. The number of amides is 4. The first kappa shape index (κ1) is 23.4. The fraction of sp³-hybridized carbons (Fsp3) is 0.400. The maximum absolute atomic E-state index is 13.4. The van der Waals surface area contributed by atoms with Gasteiger partial charge in [0.2, 0.25) is 11.8 Å². The molecule has 2 aliphatic heterocycles. The van der Waals surface area contributed by atoms with Gasteiger partial charge in [0, 0.05) is 6.54 Å². The largest absolute Gasteiger partial charge is 0.467 e. The number of furan rings is 1. The molecular formula is C25H29N5O4. The summed E-state index contributed by atoms with van der Waals surface area (Å²) in [6.45, 7) is 4.54. The number of nitrogens with zero attached hydrogens (tertiary/aromatic N) is 4. The third kappa shape index (κ3) is 4.63. The van der Waals surface area contributed by atoms with Crippen LogP contribution < -0.4 is 5.32 Å². The quantitative estimate of drug-likeness (QED) is 0.661. The molecule has 4 rings (SSSR count). The second-order valence-electron chi connectivity index (χ2n) is 8.78. The molecule has 2 saturated heterocycles. The third-order valence-electron chi connectivity index (χ3n) is 6.09. The standard InChI is InChI=1S/C25H29N5O4/c1-4-12-28-17-22(31)29-21(30(28)25(33)26-14-19-9-6-5-7-10-19)16-27(15-20-11-8-13-34-20)24(32)23(29)18(2)3/h1,5-11,13,18,21,23H,12,14-17H2,2-3H3,(H,26,33)/t21-,23-/m0/s1. The van der Waals surface area contributed by atoms with Crippen LogP contribution in [-0.2, 0) is 22.7 Å². The molecule has 0 bridgehead atoms. The van der Waals surface area contributed by atoms with Crippen molar-refractivity contribution in [1.82, 2.24) is 25.1 Å². The predicted molar refractivity (Wildman–Crippen MR) is 124 cm³/mol. The molecule has 0 radical (unpaired) electrons. The lowest BCUT2D eigenvalue weighted by Crippen LogP contribution is -2.77. The van der Waals surface area contributed by atoms with Gasteiger partial charge in [0.15, 0.2) is 0 Å². The smallest absolute Gasteiger partial charge is 0.334 e. The number of rotatable bonds is 6. The molecule has 0 unspecified atom stereocenters. The van der Waals surface area contributed by atoms with Gasteiger partial charge in [-0.1, -0.05) is 50.1 Å². The van der Waals surface area contributed by atoms with Crippen LogP contribution >= 0.6 is 0 Å². The Kier molecular flexibility index (Phi) is 6.89. The molecule has 0 saturated carbocycles. The lowest BCUT2D eigenvalue weighted by molar-refractivity contribution is -0.192. The van der Waals surface area contributed by atoms with Crippen LogP contribution in [0.1, 0.15) is 25.2 Å². The Balaban J connectivity index is 1.64. The molecule has 1 aromatic carbocycles. The van der Waals surface area contributed by atoms with Crippen LogP contribution in [0.15, 0.2) is 53.1 Å². The van der Waals surface area contributed by atoms with Crippen molar-refractivity contribution in [1.29, 1.82) is 0 Å². The van der Waals surface area contributed by atoms with Gasteiger partial charge in [0.25, 0.3) is 0 Å². The molecule has 34 heavy (non-hydrogen) atoms. The molecule has 3 heterocycles. The van der Waals surface area contributed by atoms with Gasteiger partial charge in [-0.15, -0.1) is 6.42 Å². The van der Waals surface area contributed by atoms with Crippen LogP contribution in [0.4, 0.5) is 4.79 Å². The molecule has 0 spiro atoms. The van der Waals surface area contributed by atoms with Crippen molar-refractivity contribution >= 4 is 17.8 Å². The van der Waals surface area contributed by atoms with Gasteiger partial charge < -0.3 is 19.5 Å². The maximum Gasteiger partial charge on any atom is 0.334 e. The zero-order valence-corrected chi connectivity index (χ0v) is 19.4. The minimum absolute atomic E-state index is 0.0753. The van der Waals surface area contributed by atoms with Gasteiger partial charge in [0.05, 0.1) is 32.4 Å². The first-order valence-corrected chi connectivity index (χ1v) is 11.3. The van der Waals surface area contributed by atoms with E-state index in [2.05, 4.69) is 11.2 Å². The number of terminal acetylenes is 1. The molecule has 9 nitrogen and oxygen atoms in total. The van der Waals surface area contributed by atoms with E-state index in [1.165, 1.54) is 5.01 Å². The molecule has 9 heteroatoms. The first-order valence-electron chi connectivity index (χ1n) is 11.3. The monoisotopic (exact) mass is 463 g/mol. The van der Waals surface area contributed by atoms with Gasteiger partial charge in [-0.3, -0.25) is 9.59 Å². The summed E-state index contributed by atoms with van der Waals surface area (Å²) in [5, 5.41) is 6.01. The molecule has 4 amide bonds. The van der Waals surface area contributed by atoms with Crippen molar-refractivity contribution in [3.8, 4) is 12.3 Å². The summed E-state index contributed by atoms with van der Waals surface area (Å²) in [6.07, 6.45) is 6.43. The number of nitrogens with one attached hydrogen (secondary N) is 1. The zero-order valence-electron chi connectivity index (χ0n) is 19.4. The van der Waals surface area contributed by atoms with Crippen LogP contribution in [0.3, 0.4) is 0 Å². The zero-order chi connectivity index (χ0) is 24.2. The van der Waals surface area contributed by atoms with Crippen LogP contribution in [0, 0.1) is 18.3 Å². The van der Waals surface area contributed by atoms with E-state index in [-0.39, 0.29) is 49.9 Å². The molecule has 2 aromatic rings. The molecular weight excluding hydrogens is 434 g/mol. The lowest BCUT2D eigenvalue weighted by atomic mass is 9.96. The number of urea groups is 1. The van der Waals surface area contributed by atoms with Crippen LogP contribution in [0.2, 0.25) is 0 Å². The molecule has 2 fully saturated rings. The van der Waals surface area contributed by atoms with Crippen molar-refractivity contribution in [2.45, 2.75) is 39.1 Å². The molecule has 178 valence electrons. The number of piperazine rings is 1. The molecule has 2 atom stereocenters. The van der Waals surface area contributed by atoms with E-state index in [0.717, 1.165) is 5.56 Å². The van der Waals surface area contributed by atoms with Crippen molar-refractivity contribution in [3.05, 3.63) is 60.1 Å². The summed E-state index contributed by atoms with van der Waals surface area (Å²) >= 11 is 0. The highest BCUT2D eigenvalue weighted by Crippen LogP contribution is 2.30. The fourth-order valence-electron chi connectivity index (χ4n) is 4.58. The van der Waals surface area contributed by atoms with Gasteiger partial charge in [-0.05, 0) is 23.6 Å². The number of carbonyl (C=O) groups is 3. The van der Waals surface area contributed by atoms with E-state index < -0.39 is 12.2 Å². The van der Waals surface area contributed by atoms with Crippen molar-refractivity contribution in [2.75, 3.05) is 19.6 Å². The summed E-state index contributed by atoms with van der Waals surface area (Å²) in [5.74, 6) is 2.64. The minimum Gasteiger partial charge on any atom is -0.467 e. The molecule has 0 aliphatic carbocycles. The van der Waals surface area contributed by atoms with Crippen LogP contribution in [0.25, 0.3) is 0 Å². The topological polar surface area (TPSA) is 89.3 Å². The van der Waals surface area contributed by atoms with E-state index in [4.69, 9.17) is 10.8 Å². The fourth-order valence-corrected chi connectivity index (χ4v) is 4.58. The highest BCUT2D eigenvalue weighted by atomic mass is 16.3. The predicted octanol–water partition coefficient (Wildman–Crippen LogP) is 1.88. The van der Waals surface area contributed by atoms with Gasteiger partial charge >= 0.3 is 6.03 Å². The Bertz CT molecular complexity index is 1060. The number of hydrogen-bond donors (Lipinski definition) is 1. The second kappa shape index (κ2) is 10.0. The third-order valence-corrected chi connectivity index (χ3v) is 6.09. The van der Waals surface area contributed by atoms with E-state index >= 15 is 0 Å². The Morgan fingerprint density at radius 3 is 2.62 bits per heavy atom. The first-order chi connectivity index (χ1) is 16.4. The highest BCUT2D eigenvalue weighted by Gasteiger charge is 2.52. The highest BCUT2D eigenvalue weighted by molar-refractivity contribution is 5.91. The SMILES string of the molecule is C#CCN1CC(=O)N2[C@@H](C(C)C)C(=O)N(Cc3ccco3)C[C@@H]2N1C(=O)NCc1ccccc1. The van der Waals surface area contributed by atoms with Crippen molar-refractivity contribution in [2.24, 2.45) is 5.92 Å². The van der Waals surface area contributed by atoms with Gasteiger partial charge in [-0.25, -0.2) is 9.80 Å². The number of carbonyl (C=O) groups excluding carboxylic acids is 3. The average molecular weight is 464 g/mol. The van der Waals surface area contributed by atoms with E-state index in [1.807, 2.05) is 44.2 Å². The minimum atomic E-state index is -0.696. The number of benzene rings is 1. The van der Waals surface area contributed by atoms with E-state index in [1.54, 1.807) is 33.2 Å². The number of hydrogen-bond acceptors (Lipinski definition) is 5. The Morgan fingerprint density at radius 2 is 1.97 bits per heavy atom. The summed E-state index contributed by atoms with van der Waals surface area (Å²) in [6, 6.07) is 12.0. The van der Waals surface area contributed by atoms with Crippen LogP contribution in [0.5, 0.6) is 0 Å². The Labute approximate surface area is 199 Å². The Morgan fingerprint density at radius 1 is 1.21 bits per heavy atom. The second-order valence-corrected chi connectivity index (χ2v) is 8.78.